The first-order valence-corrected chi connectivity index (χ1v) is 5.54. The molecule has 2 N–H and O–H groups in total. The molecule has 0 spiro atoms. The van der Waals surface area contributed by atoms with Crippen molar-refractivity contribution in [3.8, 4) is 0 Å². The fourth-order valence-electron chi connectivity index (χ4n) is 1.45. The number of nitrogens with zero attached hydrogens (tertiary/aromatic N) is 2. The predicted octanol–water partition coefficient (Wildman–Crippen LogP) is 2.88. The number of carbonyl (C=O) groups is 1. The van der Waals surface area contributed by atoms with Crippen LogP contribution in [0.15, 0.2) is 30.5 Å². The van der Waals surface area contributed by atoms with Crippen molar-refractivity contribution in [2.75, 3.05) is 5.32 Å². The van der Waals surface area contributed by atoms with E-state index in [9.17, 15) is 4.79 Å². The summed E-state index contributed by atoms with van der Waals surface area (Å²) in [6.45, 7) is 1.81. The standard InChI is InChI=1S/C12H10ClN3O2/c1-7-6-14-12(13)16-10(7)15-9-5-3-2-4-8(9)11(17)18/h2-6H,1H3,(H,17,18)(H,14,15,16). The van der Waals surface area contributed by atoms with Crippen molar-refractivity contribution in [2.24, 2.45) is 0 Å². The first-order valence-electron chi connectivity index (χ1n) is 5.16. The second kappa shape index (κ2) is 5.01. The smallest absolute Gasteiger partial charge is 0.337 e. The lowest BCUT2D eigenvalue weighted by molar-refractivity contribution is 0.0698. The highest BCUT2D eigenvalue weighted by Crippen LogP contribution is 2.22. The van der Waals surface area contributed by atoms with E-state index in [0.29, 0.717) is 11.5 Å². The summed E-state index contributed by atoms with van der Waals surface area (Å²) in [7, 11) is 0. The molecular formula is C12H10ClN3O2. The van der Waals surface area contributed by atoms with Crippen molar-refractivity contribution in [3.05, 3.63) is 46.9 Å². The van der Waals surface area contributed by atoms with Crippen LogP contribution >= 0.6 is 11.6 Å². The van der Waals surface area contributed by atoms with E-state index in [2.05, 4.69) is 15.3 Å². The van der Waals surface area contributed by atoms with Crippen LogP contribution in [0.4, 0.5) is 11.5 Å². The van der Waals surface area contributed by atoms with Gasteiger partial charge < -0.3 is 10.4 Å². The van der Waals surface area contributed by atoms with Gasteiger partial charge in [0.1, 0.15) is 5.82 Å². The zero-order chi connectivity index (χ0) is 13.1. The first kappa shape index (κ1) is 12.3. The Morgan fingerprint density at radius 2 is 2.11 bits per heavy atom. The molecular weight excluding hydrogens is 254 g/mol. The quantitative estimate of drug-likeness (QED) is 0.833. The van der Waals surface area contributed by atoms with Crippen LogP contribution in [0.25, 0.3) is 0 Å². The molecule has 0 aliphatic heterocycles. The van der Waals surface area contributed by atoms with E-state index < -0.39 is 5.97 Å². The third-order valence-corrected chi connectivity index (χ3v) is 2.53. The third-order valence-electron chi connectivity index (χ3n) is 2.35. The maximum atomic E-state index is 11.1. The van der Waals surface area contributed by atoms with Gasteiger partial charge >= 0.3 is 5.97 Å². The highest BCUT2D eigenvalue weighted by Gasteiger charge is 2.11. The number of benzene rings is 1. The Balaban J connectivity index is 2.40. The monoisotopic (exact) mass is 263 g/mol. The summed E-state index contributed by atoms with van der Waals surface area (Å²) in [4.78, 5) is 18.9. The van der Waals surface area contributed by atoms with E-state index in [1.54, 1.807) is 24.4 Å². The fourth-order valence-corrected chi connectivity index (χ4v) is 1.59. The molecule has 2 rings (SSSR count). The van der Waals surface area contributed by atoms with Gasteiger partial charge in [0, 0.05) is 11.8 Å². The van der Waals surface area contributed by atoms with Crippen LogP contribution in [-0.2, 0) is 0 Å². The van der Waals surface area contributed by atoms with Crippen LogP contribution in [0.5, 0.6) is 0 Å². The number of carboxylic acids is 1. The van der Waals surface area contributed by atoms with E-state index in [-0.39, 0.29) is 10.8 Å². The molecule has 0 saturated carbocycles. The Kier molecular flexibility index (Phi) is 3.43. The van der Waals surface area contributed by atoms with E-state index in [1.165, 1.54) is 6.07 Å². The number of halogens is 1. The van der Waals surface area contributed by atoms with E-state index in [4.69, 9.17) is 16.7 Å². The maximum Gasteiger partial charge on any atom is 0.337 e. The summed E-state index contributed by atoms with van der Waals surface area (Å²) in [6, 6.07) is 6.59. The Morgan fingerprint density at radius 1 is 1.39 bits per heavy atom. The van der Waals surface area contributed by atoms with Gasteiger partial charge in [-0.15, -0.1) is 0 Å². The number of rotatable bonds is 3. The predicted molar refractivity (Wildman–Crippen MR) is 68.5 cm³/mol. The number of aromatic nitrogens is 2. The first-order chi connectivity index (χ1) is 8.58. The molecule has 18 heavy (non-hydrogen) atoms. The zero-order valence-corrected chi connectivity index (χ0v) is 10.3. The second-order valence-electron chi connectivity index (χ2n) is 3.65. The van der Waals surface area contributed by atoms with Crippen LogP contribution in [0.3, 0.4) is 0 Å². The molecule has 5 nitrogen and oxygen atoms in total. The lowest BCUT2D eigenvalue weighted by atomic mass is 10.2. The second-order valence-corrected chi connectivity index (χ2v) is 3.98. The molecule has 1 heterocycles. The number of carboxylic acid groups (broad SMARTS) is 1. The lowest BCUT2D eigenvalue weighted by Crippen LogP contribution is -2.04. The minimum Gasteiger partial charge on any atom is -0.478 e. The maximum absolute atomic E-state index is 11.1. The molecule has 0 unspecified atom stereocenters. The Labute approximate surface area is 108 Å². The molecule has 6 heteroatoms. The number of anilines is 2. The van der Waals surface area contributed by atoms with Crippen LogP contribution in [-0.4, -0.2) is 21.0 Å². The summed E-state index contributed by atoms with van der Waals surface area (Å²) in [5.74, 6) is -0.514. The van der Waals surface area contributed by atoms with Crippen LogP contribution in [0, 0.1) is 6.92 Å². The molecule has 2 aromatic rings. The summed E-state index contributed by atoms with van der Waals surface area (Å²) in [5, 5.41) is 12.1. The highest BCUT2D eigenvalue weighted by atomic mass is 35.5. The van der Waals surface area contributed by atoms with Gasteiger partial charge in [0.15, 0.2) is 0 Å². The average molecular weight is 264 g/mol. The third kappa shape index (κ3) is 2.57. The summed E-state index contributed by atoms with van der Waals surface area (Å²) >= 11 is 5.71. The molecule has 0 radical (unpaired) electrons. The van der Waals surface area contributed by atoms with Gasteiger partial charge in [-0.3, -0.25) is 0 Å². The molecule has 1 aromatic heterocycles. The molecule has 1 aromatic carbocycles. The SMILES string of the molecule is Cc1cnc(Cl)nc1Nc1ccccc1C(=O)O. The van der Waals surface area contributed by atoms with E-state index in [1.807, 2.05) is 6.92 Å². The average Bonchev–Trinajstić information content (AvgIpc) is 2.34. The lowest BCUT2D eigenvalue weighted by Gasteiger charge is -2.10. The van der Waals surface area contributed by atoms with Crippen molar-refractivity contribution in [1.29, 1.82) is 0 Å². The topological polar surface area (TPSA) is 75.1 Å². The number of aromatic carboxylic acids is 1. The molecule has 0 aliphatic rings. The summed E-state index contributed by atoms with van der Waals surface area (Å²) in [6.07, 6.45) is 1.57. The zero-order valence-electron chi connectivity index (χ0n) is 9.51. The molecule has 0 saturated heterocycles. The fraction of sp³-hybridized carbons (Fsp3) is 0.0833. The highest BCUT2D eigenvalue weighted by molar-refractivity contribution is 6.28. The summed E-state index contributed by atoms with van der Waals surface area (Å²) < 4.78 is 0. The minimum absolute atomic E-state index is 0.107. The Hall–Kier alpha value is -2.14. The van der Waals surface area contributed by atoms with Gasteiger partial charge in [0.05, 0.1) is 11.3 Å². The van der Waals surface area contributed by atoms with Crippen molar-refractivity contribution in [3.63, 3.8) is 0 Å². The van der Waals surface area contributed by atoms with E-state index in [0.717, 1.165) is 5.56 Å². The minimum atomic E-state index is -1.00. The van der Waals surface area contributed by atoms with Gasteiger partial charge in [-0.2, -0.15) is 0 Å². The number of nitrogens with one attached hydrogen (secondary N) is 1. The molecule has 0 atom stereocenters. The van der Waals surface area contributed by atoms with Gasteiger partial charge in [0.25, 0.3) is 0 Å². The molecule has 0 amide bonds. The molecule has 92 valence electrons. The van der Waals surface area contributed by atoms with Gasteiger partial charge in [0.2, 0.25) is 5.28 Å². The Bertz CT molecular complexity index is 602. The normalized spacial score (nSPS) is 10.1. The van der Waals surface area contributed by atoms with Gasteiger partial charge in [-0.25, -0.2) is 14.8 Å². The number of para-hydroxylation sites is 1. The molecule has 0 aliphatic carbocycles. The van der Waals surface area contributed by atoms with Crippen LogP contribution < -0.4 is 5.32 Å². The number of hydrogen-bond acceptors (Lipinski definition) is 4. The van der Waals surface area contributed by atoms with Crippen LogP contribution in [0.2, 0.25) is 5.28 Å². The van der Waals surface area contributed by atoms with Crippen molar-refractivity contribution in [1.82, 2.24) is 9.97 Å². The Morgan fingerprint density at radius 3 is 2.83 bits per heavy atom. The molecule has 0 fully saturated rings. The molecule has 0 bridgehead atoms. The summed E-state index contributed by atoms with van der Waals surface area (Å²) in [5.41, 5.74) is 1.41. The largest absolute Gasteiger partial charge is 0.478 e. The van der Waals surface area contributed by atoms with E-state index >= 15 is 0 Å². The number of aryl methyl sites for hydroxylation is 1. The van der Waals surface area contributed by atoms with Crippen molar-refractivity contribution >= 4 is 29.1 Å². The van der Waals surface area contributed by atoms with Crippen LogP contribution in [0.1, 0.15) is 15.9 Å². The van der Waals surface area contributed by atoms with Gasteiger partial charge in [-0.1, -0.05) is 12.1 Å². The van der Waals surface area contributed by atoms with Crippen molar-refractivity contribution in [2.45, 2.75) is 6.92 Å². The van der Waals surface area contributed by atoms with Gasteiger partial charge in [-0.05, 0) is 30.7 Å². The van der Waals surface area contributed by atoms with Crippen molar-refractivity contribution < 1.29 is 9.90 Å². The number of hydrogen-bond donors (Lipinski definition) is 2.